The fraction of sp³-hybridized carbons (Fsp3) is 0.688. The molecular formula is C16H27NOP2. The van der Waals surface area contributed by atoms with Crippen LogP contribution in [0.5, 0.6) is 5.88 Å². The highest BCUT2D eigenvalue weighted by atomic mass is 31.0. The van der Waals surface area contributed by atoms with E-state index in [9.17, 15) is 0 Å². The predicted octanol–water partition coefficient (Wildman–Crippen LogP) is 3.45. The first-order chi connectivity index (χ1) is 9.57. The summed E-state index contributed by atoms with van der Waals surface area (Å²) in [5.74, 6) is 0.900. The Bertz CT molecular complexity index is 486. The lowest BCUT2D eigenvalue weighted by Crippen LogP contribution is -2.21. The van der Waals surface area contributed by atoms with Gasteiger partial charge in [-0.15, -0.1) is 18.5 Å². The van der Waals surface area contributed by atoms with Crippen LogP contribution >= 0.6 is 18.5 Å². The zero-order valence-corrected chi connectivity index (χ0v) is 15.3. The SMILES string of the molecule is CC.CC1(P)CCc2nc3c(c(P)c2CC1)CCCO3. The molecule has 0 saturated heterocycles. The van der Waals surface area contributed by atoms with E-state index in [0.29, 0.717) is 5.16 Å². The lowest BCUT2D eigenvalue weighted by atomic mass is 10.00. The van der Waals surface area contributed by atoms with Crippen molar-refractivity contribution in [2.75, 3.05) is 6.61 Å². The summed E-state index contributed by atoms with van der Waals surface area (Å²) in [5, 5.41) is 1.73. The molecule has 0 spiro atoms. The fourth-order valence-corrected chi connectivity index (χ4v) is 3.78. The van der Waals surface area contributed by atoms with Gasteiger partial charge in [-0.05, 0) is 54.5 Å². The van der Waals surface area contributed by atoms with Crippen LogP contribution in [0.25, 0.3) is 0 Å². The average molecular weight is 311 g/mol. The van der Waals surface area contributed by atoms with Crippen LogP contribution in [-0.2, 0) is 19.3 Å². The molecule has 1 aromatic heterocycles. The molecule has 3 atom stereocenters. The topological polar surface area (TPSA) is 22.1 Å². The van der Waals surface area contributed by atoms with E-state index in [1.807, 2.05) is 13.8 Å². The molecule has 2 heterocycles. The molecule has 2 nitrogen and oxygen atoms in total. The van der Waals surface area contributed by atoms with E-state index < -0.39 is 0 Å². The van der Waals surface area contributed by atoms with Gasteiger partial charge in [0, 0.05) is 11.3 Å². The standard InChI is InChI=1S/C14H21NOP2.C2H6/c1-14(18)6-4-9-11(5-7-14)15-13-10(12(9)17)3-2-8-16-13;1-2/h2-8,17-18H2,1H3;1-2H3. The van der Waals surface area contributed by atoms with Gasteiger partial charge < -0.3 is 4.74 Å². The molecule has 3 rings (SSSR count). The number of fused-ring (bicyclic) bond motifs is 2. The molecular weight excluding hydrogens is 284 g/mol. The summed E-state index contributed by atoms with van der Waals surface area (Å²) in [6.45, 7) is 7.16. The fourth-order valence-electron chi connectivity index (χ4n) is 2.91. The van der Waals surface area contributed by atoms with Crippen LogP contribution in [0.3, 0.4) is 0 Å². The van der Waals surface area contributed by atoms with Gasteiger partial charge in [-0.25, -0.2) is 4.98 Å². The molecule has 1 aromatic rings. The van der Waals surface area contributed by atoms with Crippen molar-refractivity contribution in [2.45, 2.75) is 64.5 Å². The molecule has 0 N–H and O–H groups in total. The first kappa shape index (κ1) is 16.2. The molecule has 20 heavy (non-hydrogen) atoms. The Morgan fingerprint density at radius 1 is 1.10 bits per heavy atom. The number of pyridine rings is 1. The highest BCUT2D eigenvalue weighted by Gasteiger charge is 2.27. The number of rotatable bonds is 0. The van der Waals surface area contributed by atoms with Crippen molar-refractivity contribution in [2.24, 2.45) is 0 Å². The molecule has 1 aliphatic carbocycles. The van der Waals surface area contributed by atoms with Crippen molar-refractivity contribution in [3.8, 4) is 5.88 Å². The number of hydrogen-bond acceptors (Lipinski definition) is 2. The van der Waals surface area contributed by atoms with E-state index in [1.54, 1.807) is 0 Å². The number of hydrogen-bond donors (Lipinski definition) is 0. The highest BCUT2D eigenvalue weighted by molar-refractivity contribution is 7.27. The monoisotopic (exact) mass is 311 g/mol. The van der Waals surface area contributed by atoms with Crippen molar-refractivity contribution in [3.63, 3.8) is 0 Å². The number of aryl methyl sites for hydroxylation is 1. The largest absolute Gasteiger partial charge is 0.477 e. The first-order valence-electron chi connectivity index (χ1n) is 7.79. The van der Waals surface area contributed by atoms with Crippen LogP contribution in [0.4, 0.5) is 0 Å². The highest BCUT2D eigenvalue weighted by Crippen LogP contribution is 2.35. The maximum absolute atomic E-state index is 5.73. The average Bonchev–Trinajstić information content (AvgIpc) is 2.61. The summed E-state index contributed by atoms with van der Waals surface area (Å²) >= 11 is 0. The van der Waals surface area contributed by atoms with Crippen molar-refractivity contribution in [3.05, 3.63) is 16.8 Å². The second-order valence-corrected chi connectivity index (χ2v) is 7.81. The Morgan fingerprint density at radius 3 is 2.55 bits per heavy atom. The summed E-state index contributed by atoms with van der Waals surface area (Å²) in [4.78, 5) is 4.80. The quantitative estimate of drug-likeness (QED) is 0.541. The molecule has 2 aliphatic rings. The molecule has 0 bridgehead atoms. The Balaban J connectivity index is 0.000000704. The molecule has 4 heteroatoms. The minimum Gasteiger partial charge on any atom is -0.477 e. The summed E-state index contributed by atoms with van der Waals surface area (Å²) in [5.41, 5.74) is 4.07. The third-order valence-electron chi connectivity index (χ3n) is 4.18. The van der Waals surface area contributed by atoms with E-state index in [4.69, 9.17) is 9.72 Å². The Hall–Kier alpha value is -0.190. The van der Waals surface area contributed by atoms with Gasteiger partial charge in [-0.1, -0.05) is 20.8 Å². The van der Waals surface area contributed by atoms with Crippen LogP contribution in [0.15, 0.2) is 0 Å². The third-order valence-corrected chi connectivity index (χ3v) is 5.46. The van der Waals surface area contributed by atoms with Crippen LogP contribution in [-0.4, -0.2) is 16.7 Å². The Kier molecular flexibility index (Phi) is 5.43. The minimum absolute atomic E-state index is 0.360. The van der Waals surface area contributed by atoms with Crippen molar-refractivity contribution in [1.82, 2.24) is 4.98 Å². The number of nitrogens with zero attached hydrogens (tertiary/aromatic N) is 1. The molecule has 0 aromatic carbocycles. The second kappa shape index (κ2) is 6.71. The van der Waals surface area contributed by atoms with Gasteiger partial charge in [-0.3, -0.25) is 0 Å². The zero-order valence-electron chi connectivity index (χ0n) is 13.0. The second-order valence-electron chi connectivity index (χ2n) is 5.84. The minimum atomic E-state index is 0.360. The maximum Gasteiger partial charge on any atom is 0.217 e. The summed E-state index contributed by atoms with van der Waals surface area (Å²) < 4.78 is 5.73. The van der Waals surface area contributed by atoms with E-state index in [0.717, 1.165) is 38.2 Å². The van der Waals surface area contributed by atoms with E-state index >= 15 is 0 Å². The number of aromatic nitrogens is 1. The van der Waals surface area contributed by atoms with Crippen molar-refractivity contribution >= 4 is 23.8 Å². The lowest BCUT2D eigenvalue weighted by molar-refractivity contribution is 0.276. The number of ether oxygens (including phenoxy) is 1. The Morgan fingerprint density at radius 2 is 1.80 bits per heavy atom. The zero-order chi connectivity index (χ0) is 14.8. The third kappa shape index (κ3) is 3.34. The van der Waals surface area contributed by atoms with E-state index in [-0.39, 0.29) is 0 Å². The van der Waals surface area contributed by atoms with Crippen LogP contribution in [0.2, 0.25) is 0 Å². The summed E-state index contributed by atoms with van der Waals surface area (Å²) in [6.07, 6.45) is 6.89. The molecule has 3 unspecified atom stereocenters. The summed E-state index contributed by atoms with van der Waals surface area (Å²) in [7, 11) is 5.97. The van der Waals surface area contributed by atoms with Crippen molar-refractivity contribution < 1.29 is 4.74 Å². The van der Waals surface area contributed by atoms with Gasteiger partial charge in [0.25, 0.3) is 0 Å². The lowest BCUT2D eigenvalue weighted by Gasteiger charge is -2.21. The Labute approximate surface area is 127 Å². The molecule has 112 valence electrons. The smallest absolute Gasteiger partial charge is 0.217 e. The van der Waals surface area contributed by atoms with Crippen LogP contribution in [0.1, 0.15) is 56.9 Å². The first-order valence-corrected chi connectivity index (χ1v) is 8.94. The maximum atomic E-state index is 5.73. The van der Waals surface area contributed by atoms with Gasteiger partial charge in [0.05, 0.1) is 6.61 Å². The summed E-state index contributed by atoms with van der Waals surface area (Å²) in [6, 6.07) is 0. The molecule has 0 amide bonds. The predicted molar refractivity (Wildman–Crippen MR) is 93.5 cm³/mol. The molecule has 0 fully saturated rings. The molecule has 0 radical (unpaired) electrons. The van der Waals surface area contributed by atoms with Crippen LogP contribution < -0.4 is 10.0 Å². The van der Waals surface area contributed by atoms with Crippen LogP contribution in [0, 0.1) is 0 Å². The van der Waals surface area contributed by atoms with Gasteiger partial charge in [0.2, 0.25) is 5.88 Å². The van der Waals surface area contributed by atoms with E-state index in [1.165, 1.54) is 35.0 Å². The van der Waals surface area contributed by atoms with Gasteiger partial charge >= 0.3 is 0 Å². The van der Waals surface area contributed by atoms with Gasteiger partial charge in [-0.2, -0.15) is 0 Å². The normalized spacial score (nSPS) is 24.4. The van der Waals surface area contributed by atoms with Gasteiger partial charge in [0.15, 0.2) is 0 Å². The molecule has 0 saturated carbocycles. The molecule has 1 aliphatic heterocycles. The van der Waals surface area contributed by atoms with E-state index in [2.05, 4.69) is 25.4 Å². The van der Waals surface area contributed by atoms with Gasteiger partial charge in [0.1, 0.15) is 0 Å². The van der Waals surface area contributed by atoms with Crippen molar-refractivity contribution in [1.29, 1.82) is 0 Å².